The summed E-state index contributed by atoms with van der Waals surface area (Å²) in [5, 5.41) is 4.33. The van der Waals surface area contributed by atoms with E-state index in [1.54, 1.807) is 6.20 Å². The maximum Gasteiger partial charge on any atom is 0.233 e. The van der Waals surface area contributed by atoms with Crippen LogP contribution in [0.5, 0.6) is 0 Å². The Kier molecular flexibility index (Phi) is 2.68. The lowest BCUT2D eigenvalue weighted by atomic mass is 10.1. The average molecular weight is 319 g/mol. The molecule has 1 aliphatic carbocycles. The second-order valence-electron chi connectivity index (χ2n) is 6.80. The number of aromatic amines is 1. The van der Waals surface area contributed by atoms with Gasteiger partial charge < -0.3 is 10.3 Å². The number of fused-ring (bicyclic) bond motifs is 2. The second kappa shape index (κ2) is 4.77. The lowest BCUT2D eigenvalue weighted by molar-refractivity contribution is 0.608. The number of nitrogens with zero attached hydrogens (tertiary/aromatic N) is 5. The summed E-state index contributed by atoms with van der Waals surface area (Å²) in [7, 11) is 0. The van der Waals surface area contributed by atoms with Crippen LogP contribution in [0.4, 0.5) is 5.95 Å². The highest BCUT2D eigenvalue weighted by Gasteiger charge is 2.36. The Morgan fingerprint density at radius 1 is 1.25 bits per heavy atom. The largest absolute Gasteiger partial charge is 0.354 e. The standard InChI is InChI=1S/C17H17N7/c1-17(2-3-17)10-22-15-20-8-13-12(7-19-14(13)23-15)11-6-21-16-18-4-5-24(16)9-11/h4-9H,2-3,10H2,1H3,(H2,19,20,22,23). The third-order valence-corrected chi connectivity index (χ3v) is 4.77. The van der Waals surface area contributed by atoms with Gasteiger partial charge in [0.25, 0.3) is 0 Å². The molecule has 4 aromatic rings. The summed E-state index contributed by atoms with van der Waals surface area (Å²) >= 11 is 0. The highest BCUT2D eigenvalue weighted by Crippen LogP contribution is 2.44. The van der Waals surface area contributed by atoms with E-state index >= 15 is 0 Å². The minimum atomic E-state index is 0.422. The first kappa shape index (κ1) is 13.5. The van der Waals surface area contributed by atoms with E-state index in [1.165, 1.54) is 12.8 Å². The second-order valence-corrected chi connectivity index (χ2v) is 6.80. The summed E-state index contributed by atoms with van der Waals surface area (Å²) in [6, 6.07) is 0. The van der Waals surface area contributed by atoms with Crippen molar-refractivity contribution < 1.29 is 0 Å². The van der Waals surface area contributed by atoms with Crippen molar-refractivity contribution in [2.24, 2.45) is 5.41 Å². The molecule has 120 valence electrons. The van der Waals surface area contributed by atoms with Crippen LogP contribution in [0, 0.1) is 5.41 Å². The Labute approximate surface area is 138 Å². The monoisotopic (exact) mass is 319 g/mol. The fourth-order valence-corrected chi connectivity index (χ4v) is 2.87. The van der Waals surface area contributed by atoms with Crippen LogP contribution in [0.25, 0.3) is 27.9 Å². The number of H-pyrrole nitrogens is 1. The zero-order chi connectivity index (χ0) is 16.1. The highest BCUT2D eigenvalue weighted by molar-refractivity contribution is 5.93. The van der Waals surface area contributed by atoms with Gasteiger partial charge in [-0.05, 0) is 18.3 Å². The predicted molar refractivity (Wildman–Crippen MR) is 91.7 cm³/mol. The molecule has 24 heavy (non-hydrogen) atoms. The smallest absolute Gasteiger partial charge is 0.233 e. The first-order valence-corrected chi connectivity index (χ1v) is 8.07. The van der Waals surface area contributed by atoms with Gasteiger partial charge in [0, 0.05) is 60.2 Å². The first-order chi connectivity index (χ1) is 11.7. The Balaban J connectivity index is 1.50. The summed E-state index contributed by atoms with van der Waals surface area (Å²) in [4.78, 5) is 20.8. The lowest BCUT2D eigenvalue weighted by Gasteiger charge is -2.09. The van der Waals surface area contributed by atoms with E-state index in [1.807, 2.05) is 35.4 Å². The van der Waals surface area contributed by atoms with E-state index in [4.69, 9.17) is 0 Å². The topological polar surface area (TPSA) is 83.8 Å². The third kappa shape index (κ3) is 2.20. The number of imidazole rings is 1. The fraction of sp³-hybridized carbons (Fsp3) is 0.294. The molecule has 2 N–H and O–H groups in total. The zero-order valence-corrected chi connectivity index (χ0v) is 13.3. The number of anilines is 1. The zero-order valence-electron chi connectivity index (χ0n) is 13.3. The molecular weight excluding hydrogens is 302 g/mol. The maximum absolute atomic E-state index is 4.59. The van der Waals surface area contributed by atoms with E-state index in [-0.39, 0.29) is 0 Å². The van der Waals surface area contributed by atoms with Crippen LogP contribution in [-0.2, 0) is 0 Å². The summed E-state index contributed by atoms with van der Waals surface area (Å²) in [6.07, 6.45) is 13.8. The van der Waals surface area contributed by atoms with Crippen molar-refractivity contribution in [3.63, 3.8) is 0 Å². The minimum Gasteiger partial charge on any atom is -0.354 e. The molecule has 4 heterocycles. The molecule has 7 heteroatoms. The van der Waals surface area contributed by atoms with Gasteiger partial charge >= 0.3 is 0 Å². The maximum atomic E-state index is 4.59. The summed E-state index contributed by atoms with van der Waals surface area (Å²) in [5.41, 5.74) is 3.29. The van der Waals surface area contributed by atoms with E-state index in [0.29, 0.717) is 17.1 Å². The lowest BCUT2D eigenvalue weighted by Crippen LogP contribution is -2.13. The molecule has 0 unspecified atom stereocenters. The third-order valence-electron chi connectivity index (χ3n) is 4.77. The normalized spacial score (nSPS) is 15.9. The highest BCUT2D eigenvalue weighted by atomic mass is 15.1. The number of aromatic nitrogens is 6. The van der Waals surface area contributed by atoms with Gasteiger partial charge in [-0.15, -0.1) is 0 Å². The van der Waals surface area contributed by atoms with Gasteiger partial charge in [-0.1, -0.05) is 6.92 Å². The Morgan fingerprint density at radius 2 is 2.17 bits per heavy atom. The van der Waals surface area contributed by atoms with Gasteiger partial charge in [-0.3, -0.25) is 4.40 Å². The molecule has 0 atom stereocenters. The Hall–Kier alpha value is -2.96. The molecule has 1 fully saturated rings. The Bertz CT molecular complexity index is 1040. The van der Waals surface area contributed by atoms with Crippen molar-refractivity contribution >= 4 is 22.8 Å². The molecule has 0 spiro atoms. The number of rotatable bonds is 4. The van der Waals surface area contributed by atoms with Crippen LogP contribution in [0.1, 0.15) is 19.8 Å². The van der Waals surface area contributed by atoms with Gasteiger partial charge in [0.2, 0.25) is 11.7 Å². The van der Waals surface area contributed by atoms with Gasteiger partial charge in [0.05, 0.1) is 0 Å². The number of nitrogens with one attached hydrogen (secondary N) is 2. The first-order valence-electron chi connectivity index (χ1n) is 8.07. The number of hydrogen-bond acceptors (Lipinski definition) is 5. The van der Waals surface area contributed by atoms with Crippen LogP contribution in [-0.4, -0.2) is 35.9 Å². The molecule has 1 aliphatic rings. The molecule has 0 aromatic carbocycles. The minimum absolute atomic E-state index is 0.422. The van der Waals surface area contributed by atoms with Crippen LogP contribution >= 0.6 is 0 Å². The molecule has 0 radical (unpaired) electrons. The summed E-state index contributed by atoms with van der Waals surface area (Å²) < 4.78 is 1.90. The van der Waals surface area contributed by atoms with Crippen LogP contribution in [0.2, 0.25) is 0 Å². The van der Waals surface area contributed by atoms with E-state index < -0.39 is 0 Å². The van der Waals surface area contributed by atoms with Crippen LogP contribution in [0.15, 0.2) is 37.2 Å². The van der Waals surface area contributed by atoms with Gasteiger partial charge in [-0.25, -0.2) is 15.0 Å². The molecule has 0 aliphatic heterocycles. The molecule has 7 nitrogen and oxygen atoms in total. The van der Waals surface area contributed by atoms with Crippen LogP contribution < -0.4 is 5.32 Å². The van der Waals surface area contributed by atoms with Crippen molar-refractivity contribution in [2.75, 3.05) is 11.9 Å². The summed E-state index contributed by atoms with van der Waals surface area (Å²) in [5.74, 6) is 1.36. The van der Waals surface area contributed by atoms with Crippen molar-refractivity contribution in [3.05, 3.63) is 37.2 Å². The fourth-order valence-electron chi connectivity index (χ4n) is 2.87. The molecule has 5 rings (SSSR count). The van der Waals surface area contributed by atoms with Crippen molar-refractivity contribution in [3.8, 4) is 11.1 Å². The van der Waals surface area contributed by atoms with E-state index in [0.717, 1.165) is 28.7 Å². The predicted octanol–water partition coefficient (Wildman–Crippen LogP) is 2.88. The van der Waals surface area contributed by atoms with Gasteiger partial charge in [-0.2, -0.15) is 4.98 Å². The quantitative estimate of drug-likeness (QED) is 0.604. The van der Waals surface area contributed by atoms with E-state index in [2.05, 4.69) is 37.2 Å². The van der Waals surface area contributed by atoms with Crippen molar-refractivity contribution in [1.29, 1.82) is 0 Å². The SMILES string of the molecule is CC1(CNc2ncc3c(-c4cnc5nccn5c4)c[nH]c3n2)CC1. The molecule has 1 saturated carbocycles. The molecular formula is C17H17N7. The average Bonchev–Trinajstić information content (AvgIpc) is 3.02. The molecule has 0 amide bonds. The van der Waals surface area contributed by atoms with Crippen molar-refractivity contribution in [1.82, 2.24) is 29.3 Å². The molecule has 0 bridgehead atoms. The van der Waals surface area contributed by atoms with Gasteiger partial charge in [0.15, 0.2) is 0 Å². The van der Waals surface area contributed by atoms with E-state index in [9.17, 15) is 0 Å². The van der Waals surface area contributed by atoms with Crippen molar-refractivity contribution in [2.45, 2.75) is 19.8 Å². The van der Waals surface area contributed by atoms with Gasteiger partial charge in [0.1, 0.15) is 5.65 Å². The van der Waals surface area contributed by atoms with Crippen LogP contribution in [0.3, 0.4) is 0 Å². The summed E-state index contributed by atoms with van der Waals surface area (Å²) in [6.45, 7) is 3.21. The molecule has 0 saturated heterocycles. The molecule has 4 aromatic heterocycles. The Morgan fingerprint density at radius 3 is 3.04 bits per heavy atom. The number of hydrogen-bond donors (Lipinski definition) is 2.